The van der Waals surface area contributed by atoms with Gasteiger partial charge in [-0.25, -0.2) is 0 Å². The van der Waals surface area contributed by atoms with E-state index in [1.165, 1.54) is 0 Å². The molecule has 0 aliphatic rings. The maximum atomic E-state index is 12.2. The van der Waals surface area contributed by atoms with E-state index in [0.717, 1.165) is 5.56 Å². The highest BCUT2D eigenvalue weighted by Gasteiger charge is 2.10. The normalized spacial score (nSPS) is 10.7. The lowest BCUT2D eigenvalue weighted by molar-refractivity contribution is -0.116. The van der Waals surface area contributed by atoms with Crippen molar-refractivity contribution in [1.29, 1.82) is 0 Å². The number of nitrogens with zero attached hydrogens (tertiary/aromatic N) is 1. The van der Waals surface area contributed by atoms with Gasteiger partial charge in [0.25, 0.3) is 5.91 Å². The second-order valence-electron chi connectivity index (χ2n) is 5.78. The molecule has 2 amide bonds. The SMILES string of the molecule is Cc1ccc(NC(=O)CCC(C)N)cc1NC(=O)c1ccncc1.Cl.Cl. The van der Waals surface area contributed by atoms with Crippen LogP contribution in [-0.2, 0) is 4.79 Å². The van der Waals surface area contributed by atoms with E-state index in [-0.39, 0.29) is 42.7 Å². The highest BCUT2D eigenvalue weighted by Crippen LogP contribution is 2.21. The number of hydrogen-bond acceptors (Lipinski definition) is 4. The quantitative estimate of drug-likeness (QED) is 0.692. The van der Waals surface area contributed by atoms with Crippen molar-refractivity contribution < 1.29 is 9.59 Å². The minimum atomic E-state index is -0.221. The molecule has 8 heteroatoms. The lowest BCUT2D eigenvalue weighted by Crippen LogP contribution is -2.19. The zero-order valence-corrected chi connectivity index (χ0v) is 16.3. The Balaban J connectivity index is 0.00000312. The summed E-state index contributed by atoms with van der Waals surface area (Å²) in [4.78, 5) is 28.0. The zero-order chi connectivity index (χ0) is 17.5. The molecule has 1 heterocycles. The number of nitrogens with two attached hydrogens (primary N) is 1. The van der Waals surface area contributed by atoms with Crippen LogP contribution in [-0.4, -0.2) is 22.8 Å². The van der Waals surface area contributed by atoms with Crippen LogP contribution in [0.4, 0.5) is 11.4 Å². The van der Waals surface area contributed by atoms with Gasteiger partial charge in [-0.15, -0.1) is 24.8 Å². The Kier molecular flexibility index (Phi) is 10.5. The Morgan fingerprint density at radius 2 is 1.77 bits per heavy atom. The molecule has 6 nitrogen and oxygen atoms in total. The molecular weight excluding hydrogens is 375 g/mol. The van der Waals surface area contributed by atoms with E-state index in [1.807, 2.05) is 19.9 Å². The number of pyridine rings is 1. The molecule has 1 atom stereocenters. The number of halogens is 2. The summed E-state index contributed by atoms with van der Waals surface area (Å²) in [5.41, 5.74) is 8.38. The van der Waals surface area contributed by atoms with E-state index in [0.29, 0.717) is 29.8 Å². The molecule has 0 aliphatic heterocycles. The van der Waals surface area contributed by atoms with Gasteiger partial charge in [-0.3, -0.25) is 14.6 Å². The molecular formula is C18H24Cl2N4O2. The van der Waals surface area contributed by atoms with E-state index < -0.39 is 0 Å². The van der Waals surface area contributed by atoms with Crippen molar-refractivity contribution in [3.05, 3.63) is 53.9 Å². The number of amides is 2. The van der Waals surface area contributed by atoms with Gasteiger partial charge in [0.1, 0.15) is 0 Å². The Labute approximate surface area is 165 Å². The molecule has 0 spiro atoms. The first-order valence-electron chi connectivity index (χ1n) is 7.83. The predicted molar refractivity (Wildman–Crippen MR) is 109 cm³/mol. The van der Waals surface area contributed by atoms with Crippen LogP contribution in [0, 0.1) is 6.92 Å². The molecule has 1 aromatic carbocycles. The number of hydrogen-bond donors (Lipinski definition) is 3. The maximum absolute atomic E-state index is 12.2. The summed E-state index contributed by atoms with van der Waals surface area (Å²) < 4.78 is 0. The van der Waals surface area contributed by atoms with Gasteiger partial charge in [-0.05, 0) is 50.1 Å². The highest BCUT2D eigenvalue weighted by atomic mass is 35.5. The smallest absolute Gasteiger partial charge is 0.255 e. The van der Waals surface area contributed by atoms with E-state index in [1.54, 1.807) is 36.7 Å². The number of rotatable bonds is 6. The Morgan fingerprint density at radius 3 is 2.38 bits per heavy atom. The minimum absolute atomic E-state index is 0. The van der Waals surface area contributed by atoms with E-state index in [9.17, 15) is 9.59 Å². The molecule has 0 bridgehead atoms. The Hall–Kier alpha value is -2.15. The van der Waals surface area contributed by atoms with E-state index >= 15 is 0 Å². The number of carbonyl (C=O) groups is 2. The van der Waals surface area contributed by atoms with Crippen LogP contribution in [0.5, 0.6) is 0 Å². The first-order valence-corrected chi connectivity index (χ1v) is 7.83. The second kappa shape index (κ2) is 11.5. The maximum Gasteiger partial charge on any atom is 0.255 e. The number of benzene rings is 1. The van der Waals surface area contributed by atoms with Crippen molar-refractivity contribution >= 4 is 48.0 Å². The van der Waals surface area contributed by atoms with E-state index in [2.05, 4.69) is 15.6 Å². The number of carbonyl (C=O) groups excluding carboxylic acids is 2. The number of nitrogens with one attached hydrogen (secondary N) is 2. The Morgan fingerprint density at radius 1 is 1.12 bits per heavy atom. The van der Waals surface area contributed by atoms with Crippen LogP contribution in [0.3, 0.4) is 0 Å². The highest BCUT2D eigenvalue weighted by molar-refractivity contribution is 6.05. The summed E-state index contributed by atoms with van der Waals surface area (Å²) >= 11 is 0. The third kappa shape index (κ3) is 7.39. The van der Waals surface area contributed by atoms with Gasteiger partial charge in [0, 0.05) is 41.8 Å². The van der Waals surface area contributed by atoms with Gasteiger partial charge in [0.15, 0.2) is 0 Å². The van der Waals surface area contributed by atoms with Crippen LogP contribution in [0.15, 0.2) is 42.7 Å². The number of anilines is 2. The second-order valence-corrected chi connectivity index (χ2v) is 5.78. The molecule has 1 aromatic heterocycles. The van der Waals surface area contributed by atoms with Gasteiger partial charge in [-0.2, -0.15) is 0 Å². The summed E-state index contributed by atoms with van der Waals surface area (Å²) in [6.45, 7) is 3.76. The summed E-state index contributed by atoms with van der Waals surface area (Å²) in [6.07, 6.45) is 4.13. The van der Waals surface area contributed by atoms with Gasteiger partial charge < -0.3 is 16.4 Å². The van der Waals surface area contributed by atoms with Crippen LogP contribution in [0.25, 0.3) is 0 Å². The van der Waals surface area contributed by atoms with Crippen molar-refractivity contribution in [2.24, 2.45) is 5.73 Å². The van der Waals surface area contributed by atoms with Crippen LogP contribution < -0.4 is 16.4 Å². The summed E-state index contributed by atoms with van der Waals surface area (Å²) in [6, 6.07) is 8.68. The van der Waals surface area contributed by atoms with Crippen molar-refractivity contribution in [1.82, 2.24) is 4.98 Å². The monoisotopic (exact) mass is 398 g/mol. The Bertz CT molecular complexity index is 724. The minimum Gasteiger partial charge on any atom is -0.328 e. The van der Waals surface area contributed by atoms with Crippen LogP contribution >= 0.6 is 24.8 Å². The summed E-state index contributed by atoms with van der Waals surface area (Å²) in [5.74, 6) is -0.316. The third-order valence-electron chi connectivity index (χ3n) is 3.54. The number of aromatic nitrogens is 1. The lowest BCUT2D eigenvalue weighted by atomic mass is 10.1. The van der Waals surface area contributed by atoms with E-state index in [4.69, 9.17) is 5.73 Å². The van der Waals surface area contributed by atoms with Crippen LogP contribution in [0.2, 0.25) is 0 Å². The van der Waals surface area contributed by atoms with Gasteiger partial charge >= 0.3 is 0 Å². The summed E-state index contributed by atoms with van der Waals surface area (Å²) in [7, 11) is 0. The molecule has 1 unspecified atom stereocenters. The molecule has 2 aromatic rings. The zero-order valence-electron chi connectivity index (χ0n) is 14.7. The predicted octanol–water partition coefficient (Wildman–Crippen LogP) is 3.55. The average Bonchev–Trinajstić information content (AvgIpc) is 2.57. The molecule has 26 heavy (non-hydrogen) atoms. The largest absolute Gasteiger partial charge is 0.328 e. The number of aryl methyl sites for hydroxylation is 1. The molecule has 0 saturated heterocycles. The van der Waals surface area contributed by atoms with Crippen molar-refractivity contribution in [2.75, 3.05) is 10.6 Å². The molecule has 0 fully saturated rings. The fourth-order valence-corrected chi connectivity index (χ4v) is 2.11. The average molecular weight is 399 g/mol. The van der Waals surface area contributed by atoms with Gasteiger partial charge in [0.2, 0.25) is 5.91 Å². The fraction of sp³-hybridized carbons (Fsp3) is 0.278. The van der Waals surface area contributed by atoms with Crippen molar-refractivity contribution in [2.45, 2.75) is 32.7 Å². The molecule has 4 N–H and O–H groups in total. The third-order valence-corrected chi connectivity index (χ3v) is 3.54. The summed E-state index contributed by atoms with van der Waals surface area (Å²) in [5, 5.41) is 5.67. The van der Waals surface area contributed by atoms with Crippen molar-refractivity contribution in [3.8, 4) is 0 Å². The van der Waals surface area contributed by atoms with Crippen LogP contribution in [0.1, 0.15) is 35.7 Å². The lowest BCUT2D eigenvalue weighted by Gasteiger charge is -2.12. The first-order chi connectivity index (χ1) is 11.5. The molecule has 0 aliphatic carbocycles. The topological polar surface area (TPSA) is 97.1 Å². The van der Waals surface area contributed by atoms with Gasteiger partial charge in [0.05, 0.1) is 0 Å². The fourth-order valence-electron chi connectivity index (χ4n) is 2.11. The molecule has 0 radical (unpaired) electrons. The standard InChI is InChI=1S/C18H22N4O2.2ClH/c1-12-3-5-15(21-17(23)6-4-13(2)19)11-16(12)22-18(24)14-7-9-20-10-8-14;;/h3,5,7-11,13H,4,6,19H2,1-2H3,(H,21,23)(H,22,24);2*1H. The molecule has 0 saturated carbocycles. The molecule has 2 rings (SSSR count). The first kappa shape index (κ1) is 23.9. The van der Waals surface area contributed by atoms with Gasteiger partial charge in [-0.1, -0.05) is 6.07 Å². The van der Waals surface area contributed by atoms with Crippen molar-refractivity contribution in [3.63, 3.8) is 0 Å². The molecule has 142 valence electrons.